The van der Waals surface area contributed by atoms with E-state index in [-0.39, 0.29) is 0 Å². The third kappa shape index (κ3) is 13.2. The summed E-state index contributed by atoms with van der Waals surface area (Å²) in [6, 6.07) is 59.1. The van der Waals surface area contributed by atoms with Gasteiger partial charge in [-0.2, -0.15) is 0 Å². The average molecular weight is 1310 g/mol. The number of ether oxygens (including phenoxy) is 2. The second-order valence-corrected chi connectivity index (χ2v) is 22.0. The van der Waals surface area contributed by atoms with Crippen LogP contribution in [-0.2, 0) is 45.4 Å². The first-order chi connectivity index (χ1) is 35.4. The molecule has 5 heteroatoms. The molecule has 0 radical (unpaired) electrons. The Morgan fingerprint density at radius 3 is 1.28 bits per heavy atom. The van der Waals surface area contributed by atoms with Crippen molar-refractivity contribution in [2.75, 3.05) is 26.4 Å². The van der Waals surface area contributed by atoms with E-state index in [4.69, 9.17) is 9.47 Å². The van der Waals surface area contributed by atoms with Crippen molar-refractivity contribution in [2.24, 2.45) is 0 Å². The molecule has 2 heterocycles. The van der Waals surface area contributed by atoms with E-state index in [1.165, 1.54) is 60.2 Å². The summed E-state index contributed by atoms with van der Waals surface area (Å²) in [5.74, 6) is 0. The second-order valence-electron chi connectivity index (χ2n) is 17.4. The molecule has 2 aliphatic rings. The maximum absolute atomic E-state index is 6.03. The molecule has 6 aromatic rings. The van der Waals surface area contributed by atoms with Gasteiger partial charge in [0.25, 0.3) is 0 Å². The molecule has 2 aliphatic heterocycles. The van der Waals surface area contributed by atoms with Crippen LogP contribution in [0.3, 0.4) is 0 Å². The van der Waals surface area contributed by atoms with Crippen LogP contribution < -0.4 is 15.9 Å². The molecular weight excluding hydrogens is 1250 g/mol. The Hall–Kier alpha value is -6.36. The van der Waals surface area contributed by atoms with Gasteiger partial charge in [-0.1, -0.05) is 48.6 Å². The summed E-state index contributed by atoms with van der Waals surface area (Å²) >= 11 is 3.56. The molecule has 0 bridgehead atoms. The van der Waals surface area contributed by atoms with E-state index in [0.717, 1.165) is 33.4 Å². The van der Waals surface area contributed by atoms with E-state index in [2.05, 4.69) is 271 Å². The van der Waals surface area contributed by atoms with Crippen LogP contribution in [0.15, 0.2) is 257 Å². The van der Waals surface area contributed by atoms with Crippen LogP contribution in [0.4, 0.5) is 0 Å². The van der Waals surface area contributed by atoms with Crippen LogP contribution in [0.1, 0.15) is 54.2 Å². The van der Waals surface area contributed by atoms with Gasteiger partial charge in [-0.25, -0.2) is 0 Å². The third-order valence-electron chi connectivity index (χ3n) is 12.7. The fourth-order valence-corrected chi connectivity index (χ4v) is 15.0. The summed E-state index contributed by atoms with van der Waals surface area (Å²) in [5.41, 5.74) is 15.1. The van der Waals surface area contributed by atoms with E-state index in [1.54, 1.807) is 17.9 Å². The van der Waals surface area contributed by atoms with Crippen molar-refractivity contribution >= 4 is 59.6 Å². The molecule has 0 spiro atoms. The number of hydrogen-bond acceptors (Lipinski definition) is 2. The van der Waals surface area contributed by atoms with Crippen LogP contribution in [0.5, 0.6) is 0 Å². The van der Waals surface area contributed by atoms with Crippen LogP contribution in [0.2, 0.25) is 0 Å². The normalized spacial score (nSPS) is 17.3. The van der Waals surface area contributed by atoms with E-state index in [1.807, 2.05) is 24.9 Å². The zero-order chi connectivity index (χ0) is 50.0. The van der Waals surface area contributed by atoms with E-state index >= 15 is 0 Å². The molecule has 0 aliphatic carbocycles. The van der Waals surface area contributed by atoms with Crippen molar-refractivity contribution in [3.63, 3.8) is 0 Å². The van der Waals surface area contributed by atoms with E-state index in [9.17, 15) is 0 Å². The first-order valence-electron chi connectivity index (χ1n) is 24.2. The number of allylic oxidation sites excluding steroid dienone is 12. The Kier molecular flexibility index (Phi) is 19.0. The first-order valence-corrected chi connectivity index (χ1v) is 28.5. The summed E-state index contributed by atoms with van der Waals surface area (Å²) in [5, 5.41) is 5.07. The van der Waals surface area contributed by atoms with Gasteiger partial charge in [0.2, 0.25) is 0 Å². The predicted molar refractivity (Wildman–Crippen MR) is 302 cm³/mol. The van der Waals surface area contributed by atoms with Crippen LogP contribution in [0.25, 0.3) is 36.5 Å². The number of hydrogen-bond donors (Lipinski definition) is 0. The Morgan fingerprint density at radius 2 is 0.833 bits per heavy atom. The molecule has 2 nitrogen and oxygen atoms in total. The molecule has 0 N–H and O–H groups in total. The summed E-state index contributed by atoms with van der Waals surface area (Å²) < 4.78 is 19.3. The van der Waals surface area contributed by atoms with Gasteiger partial charge in [0.05, 0.1) is 0 Å². The molecule has 0 amide bonds. The van der Waals surface area contributed by atoms with Crippen molar-refractivity contribution in [1.29, 1.82) is 0 Å². The standard InChI is InChI=1S/C67H58O2P.2Os/c1-6-18-53-27-31-55(32-28-53)35-36-56-33-29-54(30-34-56)19-17-20-62-48-69-50-64(62)45-60(51(3)4)43-41-57-37-39-58(40-38-57)42-44-61(46-63-49-68-47-59(63)7-2)52(5)70(65-21-11-8-12-22-65,66-23-13-9-14-24-66)67-25-15-10-16-26-67;;/h6-46H,47-50H2,1-3H3;;/q+1;;/b18-6+,19-17+,36-35+,43-41+,44-42+,59-7?,60-51?,61-52?,62-20?,63-46?,64-45?;;. The molecule has 0 atom stereocenters. The molecule has 0 unspecified atom stereocenters. The van der Waals surface area contributed by atoms with Crippen LogP contribution in [0, 0.1) is 8.74 Å². The molecule has 0 saturated carbocycles. The number of benzene rings is 6. The summed E-state index contributed by atoms with van der Waals surface area (Å²) in [6.07, 6.45) is 30.6. The molecule has 8 rings (SSSR count). The minimum absolute atomic E-state index is 0.577. The zero-order valence-corrected chi connectivity index (χ0v) is 46.9. The monoisotopic (exact) mass is 1310 g/mol. The SMILES string of the molecule is CC=C1COCC1=CC(/C=C/c1ccc(/C=C/C(C=C2COCC2=C/C=C/c2ccc(/C=C/c3ccc(/C=C/C)cc3)cc2)=C(C)[C]#[Os])cc1)=C([C]#[Os])[P+](c1ccccc1)(c1ccccc1)c1ccccc1. The Bertz CT molecular complexity index is 3180. The van der Waals surface area contributed by atoms with E-state index < -0.39 is 7.26 Å². The maximum atomic E-state index is 6.03. The second kappa shape index (κ2) is 26.4. The van der Waals surface area contributed by atoms with Gasteiger partial charge in [0, 0.05) is 0 Å². The van der Waals surface area contributed by atoms with Crippen molar-refractivity contribution in [3.05, 3.63) is 290 Å². The quantitative estimate of drug-likeness (QED) is 0.0580. The average Bonchev–Trinajstić information content (AvgIpc) is 4.10. The van der Waals surface area contributed by atoms with Crippen molar-refractivity contribution in [3.8, 4) is 8.74 Å². The van der Waals surface area contributed by atoms with Gasteiger partial charge in [0.15, 0.2) is 0 Å². The van der Waals surface area contributed by atoms with Gasteiger partial charge >= 0.3 is 379 Å². The Labute approximate surface area is 447 Å². The van der Waals surface area contributed by atoms with Gasteiger partial charge in [-0.15, -0.1) is 0 Å². The van der Waals surface area contributed by atoms with Crippen LogP contribution in [-0.4, -0.2) is 26.4 Å². The Morgan fingerprint density at radius 1 is 0.444 bits per heavy atom. The van der Waals surface area contributed by atoms with Gasteiger partial charge in [-0.3, -0.25) is 0 Å². The molecular formula is C67H58O2Os2P+. The summed E-state index contributed by atoms with van der Waals surface area (Å²) in [4.78, 5) is 0. The minimum atomic E-state index is -2.43. The fraction of sp³-hybridized carbons (Fsp3) is 0.104. The van der Waals surface area contributed by atoms with Crippen LogP contribution >= 0.6 is 7.26 Å². The first kappa shape index (κ1) is 52.0. The topological polar surface area (TPSA) is 18.5 Å². The molecule has 6 aromatic carbocycles. The van der Waals surface area contributed by atoms with Gasteiger partial charge < -0.3 is 0 Å². The van der Waals surface area contributed by atoms with Gasteiger partial charge in [0.1, 0.15) is 0 Å². The van der Waals surface area contributed by atoms with E-state index in [0.29, 0.717) is 26.4 Å². The summed E-state index contributed by atoms with van der Waals surface area (Å²) in [6.45, 7) is 8.63. The number of rotatable bonds is 15. The van der Waals surface area contributed by atoms with Crippen molar-refractivity contribution < 1.29 is 45.4 Å². The fourth-order valence-electron chi connectivity index (χ4n) is 8.79. The Balaban J connectivity index is 1.04. The molecule has 2 fully saturated rings. The van der Waals surface area contributed by atoms with Crippen molar-refractivity contribution in [1.82, 2.24) is 0 Å². The third-order valence-corrected chi connectivity index (χ3v) is 19.0. The zero-order valence-electron chi connectivity index (χ0n) is 41.0. The molecule has 72 heavy (non-hydrogen) atoms. The molecule has 2 saturated heterocycles. The molecule has 0 aromatic heterocycles. The summed E-state index contributed by atoms with van der Waals surface area (Å²) in [7, 11) is -2.43. The van der Waals surface area contributed by atoms with Crippen molar-refractivity contribution in [2.45, 2.75) is 20.8 Å². The van der Waals surface area contributed by atoms with Gasteiger partial charge in [-0.05, 0) is 23.6 Å². The predicted octanol–water partition coefficient (Wildman–Crippen LogP) is 15.0. The molecule has 358 valence electrons.